The average molecular weight is 360 g/mol. The summed E-state index contributed by atoms with van der Waals surface area (Å²) in [6.07, 6.45) is 3.32. The van der Waals surface area contributed by atoms with E-state index in [4.69, 9.17) is 9.47 Å². The Bertz CT molecular complexity index is 611. The van der Waals surface area contributed by atoms with Crippen molar-refractivity contribution in [3.63, 3.8) is 0 Å². The number of rotatable bonds is 6. The lowest BCUT2D eigenvalue weighted by Gasteiger charge is -2.39. The molecule has 0 N–H and O–H groups in total. The van der Waals surface area contributed by atoms with Crippen molar-refractivity contribution in [2.45, 2.75) is 32.2 Å². The molecule has 1 aromatic rings. The molecule has 0 saturated carbocycles. The van der Waals surface area contributed by atoms with Crippen LogP contribution in [-0.2, 0) is 9.47 Å². The molecule has 2 aliphatic rings. The molecule has 1 unspecified atom stereocenters. The SMILES string of the molecule is COCCN1CC2(CCN(C(=O)c3ccccc3C)CC2)CC1COC. The molecule has 1 amide bonds. The number of benzene rings is 1. The molecule has 2 heterocycles. The Labute approximate surface area is 157 Å². The first-order valence-corrected chi connectivity index (χ1v) is 9.65. The van der Waals surface area contributed by atoms with Gasteiger partial charge in [0, 0.05) is 52.0 Å². The van der Waals surface area contributed by atoms with Crippen molar-refractivity contribution in [1.82, 2.24) is 9.80 Å². The van der Waals surface area contributed by atoms with Crippen molar-refractivity contribution in [1.29, 1.82) is 0 Å². The van der Waals surface area contributed by atoms with Crippen molar-refractivity contribution >= 4 is 5.91 Å². The van der Waals surface area contributed by atoms with Crippen LogP contribution in [0.4, 0.5) is 0 Å². The lowest BCUT2D eigenvalue weighted by Crippen LogP contribution is -2.44. The topological polar surface area (TPSA) is 42.0 Å². The van der Waals surface area contributed by atoms with Crippen molar-refractivity contribution < 1.29 is 14.3 Å². The van der Waals surface area contributed by atoms with Gasteiger partial charge in [-0.1, -0.05) is 18.2 Å². The predicted octanol–water partition coefficient (Wildman–Crippen LogP) is 2.58. The molecule has 0 radical (unpaired) electrons. The molecule has 3 rings (SSSR count). The number of ether oxygens (including phenoxy) is 2. The van der Waals surface area contributed by atoms with Crippen molar-refractivity contribution in [3.8, 4) is 0 Å². The maximum absolute atomic E-state index is 12.9. The number of nitrogens with zero attached hydrogens (tertiary/aromatic N) is 2. The van der Waals surface area contributed by atoms with E-state index in [-0.39, 0.29) is 5.91 Å². The Morgan fingerprint density at radius 1 is 1.19 bits per heavy atom. The first-order chi connectivity index (χ1) is 12.6. The highest BCUT2D eigenvalue weighted by Gasteiger charge is 2.45. The van der Waals surface area contributed by atoms with Gasteiger partial charge >= 0.3 is 0 Å². The lowest BCUT2D eigenvalue weighted by molar-refractivity contribution is 0.0581. The van der Waals surface area contributed by atoms with Gasteiger partial charge in [-0.2, -0.15) is 0 Å². The molecule has 1 atom stereocenters. The minimum absolute atomic E-state index is 0.181. The van der Waals surface area contributed by atoms with E-state index in [2.05, 4.69) is 4.90 Å². The van der Waals surface area contributed by atoms with E-state index in [1.165, 1.54) is 0 Å². The summed E-state index contributed by atoms with van der Waals surface area (Å²) >= 11 is 0. The summed E-state index contributed by atoms with van der Waals surface area (Å²) in [5, 5.41) is 0. The molecule has 0 aliphatic carbocycles. The Kier molecular flexibility index (Phi) is 6.33. The summed E-state index contributed by atoms with van der Waals surface area (Å²) < 4.78 is 10.7. The fourth-order valence-electron chi connectivity index (χ4n) is 4.61. The molecular weight excluding hydrogens is 328 g/mol. The lowest BCUT2D eigenvalue weighted by atomic mass is 9.76. The van der Waals surface area contributed by atoms with Gasteiger partial charge in [-0.3, -0.25) is 9.69 Å². The largest absolute Gasteiger partial charge is 0.383 e. The maximum atomic E-state index is 12.9. The molecular formula is C21H32N2O3. The van der Waals surface area contributed by atoms with Crippen LogP contribution < -0.4 is 0 Å². The van der Waals surface area contributed by atoms with Crippen LogP contribution >= 0.6 is 0 Å². The monoisotopic (exact) mass is 360 g/mol. The highest BCUT2D eigenvalue weighted by molar-refractivity contribution is 5.95. The van der Waals surface area contributed by atoms with Crippen LogP contribution in [0.25, 0.3) is 0 Å². The zero-order chi connectivity index (χ0) is 18.6. The van der Waals surface area contributed by atoms with Crippen LogP contribution in [0.15, 0.2) is 24.3 Å². The summed E-state index contributed by atoms with van der Waals surface area (Å²) in [5.41, 5.74) is 2.22. The van der Waals surface area contributed by atoms with E-state index in [1.54, 1.807) is 14.2 Å². The molecule has 2 saturated heterocycles. The van der Waals surface area contributed by atoms with Gasteiger partial charge in [-0.25, -0.2) is 0 Å². The summed E-state index contributed by atoms with van der Waals surface area (Å²) in [6, 6.07) is 8.36. The normalized spacial score (nSPS) is 22.9. The van der Waals surface area contributed by atoms with Crippen LogP contribution in [0.5, 0.6) is 0 Å². The minimum atomic E-state index is 0.181. The van der Waals surface area contributed by atoms with Gasteiger partial charge in [0.2, 0.25) is 0 Å². The standard InChI is InChI=1S/C21H32N2O3/c1-17-6-4-5-7-19(17)20(24)22-10-8-21(9-11-22)14-18(15-26-3)23(16-21)12-13-25-2/h4-7,18H,8-16H2,1-3H3. The van der Waals surface area contributed by atoms with Gasteiger partial charge in [0.05, 0.1) is 13.2 Å². The van der Waals surface area contributed by atoms with E-state index in [9.17, 15) is 4.79 Å². The van der Waals surface area contributed by atoms with Crippen LogP contribution in [0.2, 0.25) is 0 Å². The van der Waals surface area contributed by atoms with Crippen LogP contribution in [0.1, 0.15) is 35.2 Å². The second-order valence-corrected chi connectivity index (χ2v) is 7.88. The average Bonchev–Trinajstić information content (AvgIpc) is 2.98. The highest BCUT2D eigenvalue weighted by atomic mass is 16.5. The molecule has 1 spiro atoms. The van der Waals surface area contributed by atoms with Crippen molar-refractivity contribution in [3.05, 3.63) is 35.4 Å². The molecule has 2 fully saturated rings. The quantitative estimate of drug-likeness (QED) is 0.782. The summed E-state index contributed by atoms with van der Waals surface area (Å²) in [4.78, 5) is 17.4. The number of hydrogen-bond acceptors (Lipinski definition) is 4. The molecule has 144 valence electrons. The van der Waals surface area contributed by atoms with Gasteiger partial charge in [-0.15, -0.1) is 0 Å². The van der Waals surface area contributed by atoms with E-state index in [0.29, 0.717) is 11.5 Å². The first kappa shape index (κ1) is 19.3. The molecule has 5 nitrogen and oxygen atoms in total. The fourth-order valence-corrected chi connectivity index (χ4v) is 4.61. The number of carbonyl (C=O) groups excluding carboxylic acids is 1. The van der Waals surface area contributed by atoms with Gasteiger partial charge in [0.15, 0.2) is 0 Å². The first-order valence-electron chi connectivity index (χ1n) is 9.65. The summed E-state index contributed by atoms with van der Waals surface area (Å²) in [7, 11) is 3.54. The van der Waals surface area contributed by atoms with Crippen LogP contribution in [0, 0.1) is 12.3 Å². The smallest absolute Gasteiger partial charge is 0.254 e. The van der Waals surface area contributed by atoms with Gasteiger partial charge in [-0.05, 0) is 43.2 Å². The summed E-state index contributed by atoms with van der Waals surface area (Å²) in [6.45, 7) is 7.30. The number of aryl methyl sites for hydroxylation is 1. The van der Waals surface area contributed by atoms with Crippen LogP contribution in [-0.4, -0.2) is 75.4 Å². The second kappa shape index (κ2) is 8.51. The van der Waals surface area contributed by atoms with E-state index in [1.807, 2.05) is 36.1 Å². The Hall–Kier alpha value is -1.43. The number of amides is 1. The minimum Gasteiger partial charge on any atom is -0.383 e. The van der Waals surface area contributed by atoms with Crippen molar-refractivity contribution in [2.24, 2.45) is 5.41 Å². The highest BCUT2D eigenvalue weighted by Crippen LogP contribution is 2.43. The molecule has 26 heavy (non-hydrogen) atoms. The third kappa shape index (κ3) is 4.11. The number of carbonyl (C=O) groups is 1. The van der Waals surface area contributed by atoms with E-state index >= 15 is 0 Å². The zero-order valence-electron chi connectivity index (χ0n) is 16.4. The zero-order valence-corrected chi connectivity index (χ0v) is 16.4. The Morgan fingerprint density at radius 2 is 1.92 bits per heavy atom. The molecule has 0 bridgehead atoms. The van der Waals surface area contributed by atoms with Gasteiger partial charge in [0.1, 0.15) is 0 Å². The van der Waals surface area contributed by atoms with Gasteiger partial charge in [0.25, 0.3) is 5.91 Å². The Balaban J connectivity index is 1.62. The second-order valence-electron chi connectivity index (χ2n) is 7.88. The van der Waals surface area contributed by atoms with E-state index < -0.39 is 0 Å². The van der Waals surface area contributed by atoms with Gasteiger partial charge < -0.3 is 14.4 Å². The molecule has 1 aromatic carbocycles. The number of hydrogen-bond donors (Lipinski definition) is 0. The fraction of sp³-hybridized carbons (Fsp3) is 0.667. The molecule has 2 aliphatic heterocycles. The Morgan fingerprint density at radius 3 is 2.58 bits per heavy atom. The van der Waals surface area contributed by atoms with E-state index in [0.717, 1.165) is 69.8 Å². The molecule has 5 heteroatoms. The third-order valence-electron chi connectivity index (χ3n) is 6.15. The maximum Gasteiger partial charge on any atom is 0.254 e. The number of piperidine rings is 1. The van der Waals surface area contributed by atoms with Crippen LogP contribution in [0.3, 0.4) is 0 Å². The predicted molar refractivity (Wildman–Crippen MR) is 102 cm³/mol. The number of methoxy groups -OCH3 is 2. The van der Waals surface area contributed by atoms with Crippen molar-refractivity contribution in [2.75, 3.05) is 53.6 Å². The molecule has 0 aromatic heterocycles. The number of likely N-dealkylation sites (tertiary alicyclic amines) is 2. The third-order valence-corrected chi connectivity index (χ3v) is 6.15. The summed E-state index contributed by atoms with van der Waals surface area (Å²) in [5.74, 6) is 0.181.